The van der Waals surface area contributed by atoms with E-state index in [1.54, 1.807) is 0 Å². The van der Waals surface area contributed by atoms with Crippen molar-refractivity contribution < 1.29 is 0 Å². The van der Waals surface area contributed by atoms with Crippen molar-refractivity contribution in [1.29, 1.82) is 0 Å². The maximum Gasteiger partial charge on any atom is 0.0754 e. The zero-order chi connectivity index (χ0) is 40.1. The fraction of sp³-hybridized carbons (Fsp3) is 0.0169. The summed E-state index contributed by atoms with van der Waals surface area (Å²) in [5, 5.41) is 5.01. The van der Waals surface area contributed by atoms with E-state index in [-0.39, 0.29) is 0 Å². The predicted octanol–water partition coefficient (Wildman–Crippen LogP) is 15.4. The van der Waals surface area contributed by atoms with Crippen molar-refractivity contribution in [3.63, 3.8) is 0 Å². The first-order valence-electron chi connectivity index (χ1n) is 21.2. The number of hydrogen-bond donors (Lipinski definition) is 0. The first-order valence-corrected chi connectivity index (χ1v) is 21.2. The summed E-state index contributed by atoms with van der Waals surface area (Å²) < 4.78 is 2.52. The van der Waals surface area contributed by atoms with E-state index in [4.69, 9.17) is 0 Å². The molecule has 2 nitrogen and oxygen atoms in total. The second-order valence-electron chi connectivity index (χ2n) is 16.4. The second kappa shape index (κ2) is 13.0. The van der Waals surface area contributed by atoms with Gasteiger partial charge in [-0.05, 0) is 109 Å². The molecule has 0 saturated carbocycles. The Morgan fingerprint density at radius 3 is 1.92 bits per heavy atom. The Labute approximate surface area is 354 Å². The zero-order valence-electron chi connectivity index (χ0n) is 33.3. The van der Waals surface area contributed by atoms with Crippen molar-refractivity contribution >= 4 is 49.6 Å². The van der Waals surface area contributed by atoms with Crippen LogP contribution in [0.5, 0.6) is 0 Å². The minimum absolute atomic E-state index is 0.528. The Kier molecular flexibility index (Phi) is 7.26. The van der Waals surface area contributed by atoms with Crippen LogP contribution in [0.25, 0.3) is 71.6 Å². The lowest BCUT2D eigenvalue weighted by atomic mass is 9.65. The minimum atomic E-state index is -0.528. The maximum absolute atomic E-state index is 2.52. The molecule has 0 bridgehead atoms. The van der Waals surface area contributed by atoms with Crippen LogP contribution in [0.1, 0.15) is 22.3 Å². The molecule has 2 heteroatoms. The van der Waals surface area contributed by atoms with Gasteiger partial charge in [0.1, 0.15) is 0 Å². The molecule has 0 saturated heterocycles. The van der Waals surface area contributed by atoms with E-state index in [2.05, 4.69) is 240 Å². The average molecular weight is 775 g/mol. The molecule has 284 valence electrons. The topological polar surface area (TPSA) is 8.17 Å². The number of rotatable bonds is 5. The van der Waals surface area contributed by atoms with Gasteiger partial charge in [0.2, 0.25) is 0 Å². The summed E-state index contributed by atoms with van der Waals surface area (Å²) in [4.78, 5) is 2.45. The molecule has 1 aromatic heterocycles. The lowest BCUT2D eigenvalue weighted by Crippen LogP contribution is -2.33. The summed E-state index contributed by atoms with van der Waals surface area (Å²) in [7, 11) is 0. The van der Waals surface area contributed by atoms with E-state index in [1.165, 1.54) is 93.9 Å². The number of para-hydroxylation sites is 4. The highest BCUT2D eigenvalue weighted by Gasteiger charge is 2.50. The first kappa shape index (κ1) is 34.0. The molecule has 13 rings (SSSR count). The zero-order valence-corrected chi connectivity index (χ0v) is 33.3. The van der Waals surface area contributed by atoms with Gasteiger partial charge >= 0.3 is 0 Å². The van der Waals surface area contributed by atoms with Crippen molar-refractivity contribution in [2.45, 2.75) is 5.41 Å². The molecule has 61 heavy (non-hydrogen) atoms. The second-order valence-corrected chi connectivity index (χ2v) is 16.4. The number of fused-ring (bicyclic) bond motifs is 13. The molecule has 1 unspecified atom stereocenters. The molecule has 2 aliphatic rings. The van der Waals surface area contributed by atoms with Crippen LogP contribution in [-0.4, -0.2) is 4.57 Å². The molecule has 10 aromatic carbocycles. The number of nitrogens with zero attached hydrogens (tertiary/aromatic N) is 2. The van der Waals surface area contributed by atoms with Crippen molar-refractivity contribution in [3.8, 4) is 39.1 Å². The van der Waals surface area contributed by atoms with Gasteiger partial charge in [-0.15, -0.1) is 0 Å². The molecule has 0 fully saturated rings. The highest BCUT2D eigenvalue weighted by Crippen LogP contribution is 2.61. The fourth-order valence-electron chi connectivity index (χ4n) is 10.8. The van der Waals surface area contributed by atoms with E-state index in [1.807, 2.05) is 0 Å². The number of hydrogen-bond acceptors (Lipinski definition) is 1. The third kappa shape index (κ3) is 4.79. The Balaban J connectivity index is 1.08. The summed E-state index contributed by atoms with van der Waals surface area (Å²) in [5.74, 6) is 0. The molecule has 1 aliphatic carbocycles. The fourth-order valence-corrected chi connectivity index (χ4v) is 10.8. The largest absolute Gasteiger partial charge is 0.310 e. The predicted molar refractivity (Wildman–Crippen MR) is 255 cm³/mol. The van der Waals surface area contributed by atoms with Gasteiger partial charge in [-0.25, -0.2) is 0 Å². The Bertz CT molecular complexity index is 3560. The highest BCUT2D eigenvalue weighted by molar-refractivity contribution is 6.13. The number of aromatic nitrogens is 1. The Hall–Kier alpha value is -7.94. The van der Waals surface area contributed by atoms with Crippen LogP contribution < -0.4 is 4.90 Å². The van der Waals surface area contributed by atoms with Gasteiger partial charge < -0.3 is 9.47 Å². The molecule has 1 atom stereocenters. The van der Waals surface area contributed by atoms with Gasteiger partial charge in [-0.3, -0.25) is 0 Å². The normalized spacial score (nSPS) is 14.6. The third-order valence-electron chi connectivity index (χ3n) is 13.4. The Morgan fingerprint density at radius 1 is 0.344 bits per heavy atom. The van der Waals surface area contributed by atoms with Gasteiger partial charge in [0.25, 0.3) is 0 Å². The third-order valence-corrected chi connectivity index (χ3v) is 13.4. The van der Waals surface area contributed by atoms with E-state index < -0.39 is 5.41 Å². The van der Waals surface area contributed by atoms with Crippen molar-refractivity contribution in [3.05, 3.63) is 253 Å². The standard InChI is InChI=1S/C59H38N2/c1-2-16-39(17-3-1)42-20-14-21-44(36-42)60(45-34-32-40-18-4-5-19-41(40)37-45)55-29-11-7-22-46(55)43-33-35-48-47-23-6-9-26-51(47)59(54(48)38-43)52-27-10-13-31-57(52)61-56-30-12-8-24-49(56)50-25-15-28-53(59)58(50)61/h1-38H. The quantitative estimate of drug-likeness (QED) is 0.169. The number of anilines is 3. The van der Waals surface area contributed by atoms with Crippen LogP contribution in [0.3, 0.4) is 0 Å². The van der Waals surface area contributed by atoms with E-state index in [0.717, 1.165) is 17.1 Å². The van der Waals surface area contributed by atoms with Gasteiger partial charge in [-0.1, -0.05) is 182 Å². The molecule has 1 spiro atoms. The SMILES string of the molecule is c1ccc(-c2cccc(N(c3ccc4ccccc4c3)c3ccccc3-c3ccc4c(c3)C3(c5ccccc5-4)c4ccccc4-n4c5ccccc5c5cccc3c54)c2)cc1. The first-order chi connectivity index (χ1) is 30.3. The molecule has 0 radical (unpaired) electrons. The highest BCUT2D eigenvalue weighted by atomic mass is 15.1. The van der Waals surface area contributed by atoms with Gasteiger partial charge in [0.15, 0.2) is 0 Å². The molecule has 0 N–H and O–H groups in total. The summed E-state index contributed by atoms with van der Waals surface area (Å²) in [6, 6.07) is 85.4. The Morgan fingerprint density at radius 2 is 1.00 bits per heavy atom. The molecule has 2 heterocycles. The maximum atomic E-state index is 2.52. The molecule has 0 amide bonds. The molecule has 1 aliphatic heterocycles. The van der Waals surface area contributed by atoms with E-state index in [0.29, 0.717) is 0 Å². The van der Waals surface area contributed by atoms with Crippen LogP contribution in [0.15, 0.2) is 231 Å². The summed E-state index contributed by atoms with van der Waals surface area (Å²) in [6.45, 7) is 0. The molecular formula is C59H38N2. The monoisotopic (exact) mass is 774 g/mol. The minimum Gasteiger partial charge on any atom is -0.310 e. The van der Waals surface area contributed by atoms with Crippen LogP contribution in [0.2, 0.25) is 0 Å². The van der Waals surface area contributed by atoms with Gasteiger partial charge in [0.05, 0.1) is 27.8 Å². The lowest BCUT2D eigenvalue weighted by Gasteiger charge is -2.39. The summed E-state index contributed by atoms with van der Waals surface area (Å²) in [6.07, 6.45) is 0. The summed E-state index contributed by atoms with van der Waals surface area (Å²) >= 11 is 0. The van der Waals surface area contributed by atoms with Crippen LogP contribution >= 0.6 is 0 Å². The molecule has 11 aromatic rings. The average Bonchev–Trinajstić information content (AvgIpc) is 3.82. The van der Waals surface area contributed by atoms with Crippen LogP contribution in [-0.2, 0) is 5.41 Å². The summed E-state index contributed by atoms with van der Waals surface area (Å²) in [5.41, 5.74) is 19.2. The van der Waals surface area contributed by atoms with E-state index >= 15 is 0 Å². The smallest absolute Gasteiger partial charge is 0.0754 e. The van der Waals surface area contributed by atoms with Crippen LogP contribution in [0, 0.1) is 0 Å². The van der Waals surface area contributed by atoms with Crippen molar-refractivity contribution in [1.82, 2.24) is 4.57 Å². The van der Waals surface area contributed by atoms with Gasteiger partial charge in [0, 0.05) is 27.7 Å². The van der Waals surface area contributed by atoms with Crippen molar-refractivity contribution in [2.24, 2.45) is 0 Å². The van der Waals surface area contributed by atoms with Crippen molar-refractivity contribution in [2.75, 3.05) is 4.90 Å². The van der Waals surface area contributed by atoms with Gasteiger partial charge in [-0.2, -0.15) is 0 Å². The van der Waals surface area contributed by atoms with E-state index in [9.17, 15) is 0 Å². The lowest BCUT2D eigenvalue weighted by molar-refractivity contribution is 0.749. The van der Waals surface area contributed by atoms with Crippen LogP contribution in [0.4, 0.5) is 17.1 Å². The molecular weight excluding hydrogens is 737 g/mol. The number of benzene rings is 10.